The molecule has 1 aromatic rings. The first-order valence-corrected chi connectivity index (χ1v) is 10.5. The zero-order chi connectivity index (χ0) is 18.7. The highest BCUT2D eigenvalue weighted by molar-refractivity contribution is 7.89. The van der Waals surface area contributed by atoms with Gasteiger partial charge in [0.15, 0.2) is 0 Å². The number of likely N-dealkylation sites (tertiary alicyclic amines) is 1. The third-order valence-electron chi connectivity index (χ3n) is 5.06. The lowest BCUT2D eigenvalue weighted by molar-refractivity contribution is 0.0635. The van der Waals surface area contributed by atoms with Crippen LogP contribution in [0.15, 0.2) is 23.1 Å². The number of carbonyl (C=O) groups excluding carboxylic acids is 1. The maximum Gasteiger partial charge on any atom is 0.254 e. The summed E-state index contributed by atoms with van der Waals surface area (Å²) in [6.45, 7) is 4.07. The molecular weight excluding hydrogens is 356 g/mol. The lowest BCUT2D eigenvalue weighted by Gasteiger charge is -2.33. The van der Waals surface area contributed by atoms with E-state index in [2.05, 4.69) is 0 Å². The standard InChI is InChI=1S/C18H26N2O5S/c1-14-5-3-4-8-20(14)18(21)15-6-7-16(24-2)17(13-15)26(22,23)19-9-11-25-12-10-19/h6-7,13-14H,3-5,8-12H2,1-2H3. The summed E-state index contributed by atoms with van der Waals surface area (Å²) >= 11 is 0. The van der Waals surface area contributed by atoms with Crippen LogP contribution in [0.1, 0.15) is 36.5 Å². The van der Waals surface area contributed by atoms with E-state index in [0.29, 0.717) is 38.4 Å². The van der Waals surface area contributed by atoms with Crippen LogP contribution in [0.4, 0.5) is 0 Å². The van der Waals surface area contributed by atoms with Gasteiger partial charge in [-0.25, -0.2) is 8.42 Å². The van der Waals surface area contributed by atoms with Crippen molar-refractivity contribution in [2.75, 3.05) is 40.0 Å². The van der Waals surface area contributed by atoms with Crippen molar-refractivity contribution in [3.05, 3.63) is 23.8 Å². The van der Waals surface area contributed by atoms with Crippen LogP contribution in [0, 0.1) is 0 Å². The molecule has 0 aromatic heterocycles. The van der Waals surface area contributed by atoms with Crippen LogP contribution in [0.25, 0.3) is 0 Å². The summed E-state index contributed by atoms with van der Waals surface area (Å²) in [5.74, 6) is 0.123. The van der Waals surface area contributed by atoms with E-state index in [1.807, 2.05) is 11.8 Å². The summed E-state index contributed by atoms with van der Waals surface area (Å²) in [6, 6.07) is 4.82. The molecule has 1 aromatic carbocycles. The van der Waals surface area contributed by atoms with E-state index in [1.54, 1.807) is 12.1 Å². The van der Waals surface area contributed by atoms with Crippen molar-refractivity contribution in [3.8, 4) is 5.75 Å². The van der Waals surface area contributed by atoms with Gasteiger partial charge >= 0.3 is 0 Å². The van der Waals surface area contributed by atoms with Crippen LogP contribution in [0.2, 0.25) is 0 Å². The Bertz CT molecular complexity index is 759. The van der Waals surface area contributed by atoms with Gasteiger partial charge in [-0.3, -0.25) is 4.79 Å². The molecule has 8 heteroatoms. The number of hydrogen-bond donors (Lipinski definition) is 0. The van der Waals surface area contributed by atoms with Crippen LogP contribution in [-0.4, -0.2) is 69.5 Å². The van der Waals surface area contributed by atoms with E-state index in [4.69, 9.17) is 9.47 Å². The molecule has 2 saturated heterocycles. The van der Waals surface area contributed by atoms with Crippen LogP contribution < -0.4 is 4.74 Å². The molecule has 7 nitrogen and oxygen atoms in total. The summed E-state index contributed by atoms with van der Waals surface area (Å²) in [4.78, 5) is 14.8. The van der Waals surface area contributed by atoms with Crippen molar-refractivity contribution in [2.24, 2.45) is 0 Å². The molecule has 0 radical (unpaired) electrons. The van der Waals surface area contributed by atoms with Crippen molar-refractivity contribution in [2.45, 2.75) is 37.1 Å². The Labute approximate surface area is 154 Å². The van der Waals surface area contributed by atoms with Gasteiger partial charge < -0.3 is 14.4 Å². The number of rotatable bonds is 4. The second-order valence-corrected chi connectivity index (χ2v) is 8.63. The van der Waals surface area contributed by atoms with E-state index in [0.717, 1.165) is 19.3 Å². The number of amides is 1. The fraction of sp³-hybridized carbons (Fsp3) is 0.611. The van der Waals surface area contributed by atoms with E-state index < -0.39 is 10.0 Å². The summed E-state index contributed by atoms with van der Waals surface area (Å²) < 4.78 is 38.0. The van der Waals surface area contributed by atoms with E-state index in [-0.39, 0.29) is 22.6 Å². The highest BCUT2D eigenvalue weighted by Crippen LogP contribution is 2.29. The predicted molar refractivity (Wildman–Crippen MR) is 96.9 cm³/mol. The molecule has 2 aliphatic rings. The Morgan fingerprint density at radius 2 is 1.92 bits per heavy atom. The number of hydrogen-bond acceptors (Lipinski definition) is 5. The number of sulfonamides is 1. The Hall–Kier alpha value is -1.64. The van der Waals surface area contributed by atoms with Gasteiger partial charge in [-0.2, -0.15) is 4.31 Å². The molecule has 0 aliphatic carbocycles. The average Bonchev–Trinajstić information content (AvgIpc) is 2.68. The summed E-state index contributed by atoms with van der Waals surface area (Å²) in [5.41, 5.74) is 0.381. The lowest BCUT2D eigenvalue weighted by atomic mass is 10.0. The van der Waals surface area contributed by atoms with Crippen molar-refractivity contribution in [1.82, 2.24) is 9.21 Å². The molecule has 0 spiro atoms. The average molecular weight is 382 g/mol. The van der Waals surface area contributed by atoms with Crippen LogP contribution in [-0.2, 0) is 14.8 Å². The summed E-state index contributed by atoms with van der Waals surface area (Å²) in [5, 5.41) is 0. The second-order valence-electron chi connectivity index (χ2n) is 6.73. The number of benzene rings is 1. The third kappa shape index (κ3) is 3.72. The van der Waals surface area contributed by atoms with Crippen molar-refractivity contribution in [3.63, 3.8) is 0 Å². The first-order valence-electron chi connectivity index (χ1n) is 9.02. The molecule has 26 heavy (non-hydrogen) atoms. The SMILES string of the molecule is COc1ccc(C(=O)N2CCCCC2C)cc1S(=O)(=O)N1CCOCC1. The molecule has 1 unspecified atom stereocenters. The first kappa shape index (κ1) is 19.1. The molecule has 0 saturated carbocycles. The molecular formula is C18H26N2O5S. The Kier molecular flexibility index (Phi) is 5.84. The van der Waals surface area contributed by atoms with E-state index >= 15 is 0 Å². The molecule has 0 bridgehead atoms. The number of ether oxygens (including phenoxy) is 2. The first-order chi connectivity index (χ1) is 12.4. The Morgan fingerprint density at radius 3 is 2.58 bits per heavy atom. The number of morpholine rings is 1. The molecule has 2 heterocycles. The number of carbonyl (C=O) groups is 1. The number of nitrogens with zero attached hydrogens (tertiary/aromatic N) is 2. The fourth-order valence-electron chi connectivity index (χ4n) is 3.50. The molecule has 144 valence electrons. The second kappa shape index (κ2) is 7.94. The molecule has 2 fully saturated rings. The quantitative estimate of drug-likeness (QED) is 0.793. The topological polar surface area (TPSA) is 76.2 Å². The molecule has 1 atom stereocenters. The Morgan fingerprint density at radius 1 is 1.19 bits per heavy atom. The number of methoxy groups -OCH3 is 1. The van der Waals surface area contributed by atoms with Gasteiger partial charge in [0.1, 0.15) is 10.6 Å². The van der Waals surface area contributed by atoms with Crippen molar-refractivity contribution >= 4 is 15.9 Å². The minimum atomic E-state index is -3.75. The van der Waals surface area contributed by atoms with Gasteiger partial charge in [-0.05, 0) is 44.4 Å². The fourth-order valence-corrected chi connectivity index (χ4v) is 5.09. The lowest BCUT2D eigenvalue weighted by Crippen LogP contribution is -2.42. The van der Waals surface area contributed by atoms with Crippen molar-refractivity contribution < 1.29 is 22.7 Å². The molecule has 3 rings (SSSR count). The van der Waals surface area contributed by atoms with Crippen molar-refractivity contribution in [1.29, 1.82) is 0 Å². The number of piperidine rings is 1. The van der Waals surface area contributed by atoms with Gasteiger partial charge in [-0.15, -0.1) is 0 Å². The minimum Gasteiger partial charge on any atom is -0.495 e. The predicted octanol–water partition coefficient (Wildman–Crippen LogP) is 1.73. The zero-order valence-corrected chi connectivity index (χ0v) is 16.1. The third-order valence-corrected chi connectivity index (χ3v) is 6.98. The van der Waals surface area contributed by atoms with E-state index in [1.165, 1.54) is 17.5 Å². The van der Waals surface area contributed by atoms with Crippen LogP contribution in [0.5, 0.6) is 5.75 Å². The monoisotopic (exact) mass is 382 g/mol. The van der Waals surface area contributed by atoms with Gasteiger partial charge in [0, 0.05) is 31.2 Å². The molecule has 1 amide bonds. The Balaban J connectivity index is 1.95. The van der Waals surface area contributed by atoms with Crippen LogP contribution in [0.3, 0.4) is 0 Å². The highest BCUT2D eigenvalue weighted by Gasteiger charge is 2.31. The maximum absolute atomic E-state index is 13.0. The van der Waals surface area contributed by atoms with Crippen LogP contribution >= 0.6 is 0 Å². The normalized spacial score (nSPS) is 22.2. The highest BCUT2D eigenvalue weighted by atomic mass is 32.2. The minimum absolute atomic E-state index is 0.0393. The van der Waals surface area contributed by atoms with Gasteiger partial charge in [0.2, 0.25) is 10.0 Å². The van der Waals surface area contributed by atoms with Gasteiger partial charge in [-0.1, -0.05) is 0 Å². The maximum atomic E-state index is 13.0. The smallest absolute Gasteiger partial charge is 0.254 e. The summed E-state index contributed by atoms with van der Waals surface area (Å²) in [6.07, 6.45) is 3.07. The summed E-state index contributed by atoms with van der Waals surface area (Å²) in [7, 11) is -2.32. The largest absolute Gasteiger partial charge is 0.495 e. The van der Waals surface area contributed by atoms with Gasteiger partial charge in [0.25, 0.3) is 5.91 Å². The van der Waals surface area contributed by atoms with Gasteiger partial charge in [0.05, 0.1) is 20.3 Å². The molecule has 0 N–H and O–H groups in total. The van der Waals surface area contributed by atoms with E-state index in [9.17, 15) is 13.2 Å². The zero-order valence-electron chi connectivity index (χ0n) is 15.3. The molecule has 2 aliphatic heterocycles.